The lowest BCUT2D eigenvalue weighted by Gasteiger charge is -2.22. The quantitative estimate of drug-likeness (QED) is 0.559. The highest BCUT2D eigenvalue weighted by atomic mass is 35.5. The number of halogens is 1. The van der Waals surface area contributed by atoms with Gasteiger partial charge in [-0.2, -0.15) is 0 Å². The van der Waals surface area contributed by atoms with Crippen molar-refractivity contribution in [3.05, 3.63) is 51.5 Å². The molecule has 1 atom stereocenters. The Morgan fingerprint density at radius 3 is 2.68 bits per heavy atom. The summed E-state index contributed by atoms with van der Waals surface area (Å²) in [6.07, 6.45) is 1.77. The first-order valence-electron chi connectivity index (χ1n) is 8.52. The summed E-state index contributed by atoms with van der Waals surface area (Å²) >= 11 is 6.11. The molecule has 2 aromatic carbocycles. The highest BCUT2D eigenvalue weighted by Crippen LogP contribution is 2.34. The molecule has 0 radical (unpaired) electrons. The van der Waals surface area contributed by atoms with Crippen molar-refractivity contribution in [2.45, 2.75) is 17.4 Å². The lowest BCUT2D eigenvalue weighted by Crippen LogP contribution is -2.26. The van der Waals surface area contributed by atoms with E-state index in [-0.39, 0.29) is 10.9 Å². The number of hydrogen-bond acceptors (Lipinski definition) is 7. The van der Waals surface area contributed by atoms with Crippen molar-refractivity contribution in [2.24, 2.45) is 0 Å². The molecule has 1 heterocycles. The van der Waals surface area contributed by atoms with Gasteiger partial charge in [0.2, 0.25) is 0 Å². The number of ether oxygens (including phenoxy) is 1. The minimum Gasteiger partial charge on any atom is -0.495 e. The fourth-order valence-corrected chi connectivity index (χ4v) is 4.32. The highest BCUT2D eigenvalue weighted by Gasteiger charge is 2.27. The second kappa shape index (κ2) is 7.84. The maximum atomic E-state index is 11.9. The number of rotatable bonds is 6. The molecule has 10 heteroatoms. The van der Waals surface area contributed by atoms with E-state index in [0.29, 0.717) is 17.3 Å². The van der Waals surface area contributed by atoms with Crippen LogP contribution in [0.4, 0.5) is 17.1 Å². The van der Waals surface area contributed by atoms with Crippen LogP contribution in [0.2, 0.25) is 5.02 Å². The standard InChI is InChI=1S/C18H20ClN3O5S/c1-27-17-6-3-12(19)9-16(17)21-8-7-14(11-21)20-13-4-5-15(22(23)24)18(10-13)28(2,25)26/h3-6,9-10,14,20H,7-8,11H2,1-2H3. The van der Waals surface area contributed by atoms with E-state index in [4.69, 9.17) is 16.3 Å². The van der Waals surface area contributed by atoms with Crippen molar-refractivity contribution in [3.8, 4) is 5.75 Å². The molecule has 8 nitrogen and oxygen atoms in total. The molecule has 1 fully saturated rings. The zero-order chi connectivity index (χ0) is 20.5. The number of nitro benzene ring substituents is 1. The summed E-state index contributed by atoms with van der Waals surface area (Å²) in [5.41, 5.74) is 0.987. The number of hydrogen-bond donors (Lipinski definition) is 1. The largest absolute Gasteiger partial charge is 0.495 e. The molecule has 0 aromatic heterocycles. The monoisotopic (exact) mass is 425 g/mol. The Morgan fingerprint density at radius 2 is 2.04 bits per heavy atom. The van der Waals surface area contributed by atoms with E-state index in [9.17, 15) is 18.5 Å². The Balaban J connectivity index is 1.79. The average molecular weight is 426 g/mol. The van der Waals surface area contributed by atoms with Gasteiger partial charge in [-0.1, -0.05) is 11.6 Å². The SMILES string of the molecule is COc1ccc(Cl)cc1N1CCC(Nc2ccc([N+](=O)[O-])c(S(C)(=O)=O)c2)C1. The summed E-state index contributed by atoms with van der Waals surface area (Å²) in [4.78, 5) is 12.2. The molecular formula is C18H20ClN3O5S. The third-order valence-corrected chi connectivity index (χ3v) is 5.96. The van der Waals surface area contributed by atoms with Crippen LogP contribution in [0.25, 0.3) is 0 Å². The van der Waals surface area contributed by atoms with Crippen molar-refractivity contribution in [2.75, 3.05) is 36.7 Å². The van der Waals surface area contributed by atoms with Crippen LogP contribution in [0.5, 0.6) is 5.75 Å². The van der Waals surface area contributed by atoms with Gasteiger partial charge in [0.05, 0.1) is 17.7 Å². The zero-order valence-electron chi connectivity index (χ0n) is 15.4. The fourth-order valence-electron chi connectivity index (χ4n) is 3.29. The summed E-state index contributed by atoms with van der Waals surface area (Å²) in [6, 6.07) is 9.51. The Bertz CT molecular complexity index is 1010. The summed E-state index contributed by atoms with van der Waals surface area (Å²) in [5, 5.41) is 15.0. The van der Waals surface area contributed by atoms with Crippen LogP contribution >= 0.6 is 11.6 Å². The Morgan fingerprint density at radius 1 is 1.29 bits per heavy atom. The third kappa shape index (κ3) is 4.31. The number of nitrogens with one attached hydrogen (secondary N) is 1. The van der Waals surface area contributed by atoms with Crippen molar-refractivity contribution in [1.82, 2.24) is 0 Å². The van der Waals surface area contributed by atoms with Gasteiger partial charge >= 0.3 is 0 Å². The van der Waals surface area contributed by atoms with Gasteiger partial charge < -0.3 is 15.0 Å². The Labute approximate surface area is 168 Å². The molecule has 1 aliphatic rings. The predicted molar refractivity (Wildman–Crippen MR) is 108 cm³/mol. The van der Waals surface area contributed by atoms with E-state index < -0.39 is 20.4 Å². The van der Waals surface area contributed by atoms with Gasteiger partial charge in [-0.05, 0) is 36.8 Å². The van der Waals surface area contributed by atoms with Crippen molar-refractivity contribution in [3.63, 3.8) is 0 Å². The number of sulfone groups is 1. The van der Waals surface area contributed by atoms with E-state index in [1.807, 2.05) is 12.1 Å². The van der Waals surface area contributed by atoms with Gasteiger partial charge in [0.15, 0.2) is 9.84 Å². The van der Waals surface area contributed by atoms with Crippen LogP contribution < -0.4 is 15.0 Å². The van der Waals surface area contributed by atoms with Gasteiger partial charge in [0.1, 0.15) is 10.6 Å². The van der Waals surface area contributed by atoms with Gasteiger partial charge in [-0.15, -0.1) is 0 Å². The summed E-state index contributed by atoms with van der Waals surface area (Å²) in [7, 11) is -2.13. The molecule has 0 amide bonds. The summed E-state index contributed by atoms with van der Waals surface area (Å²) < 4.78 is 29.2. The van der Waals surface area contributed by atoms with Gasteiger partial charge in [-0.25, -0.2) is 8.42 Å². The number of nitro groups is 1. The van der Waals surface area contributed by atoms with Crippen LogP contribution in [0, 0.1) is 10.1 Å². The predicted octanol–water partition coefficient (Wildman–Crippen LogP) is 3.35. The normalized spacial score (nSPS) is 16.8. The first-order valence-corrected chi connectivity index (χ1v) is 10.8. The van der Waals surface area contributed by atoms with Crippen LogP contribution in [0.15, 0.2) is 41.3 Å². The first kappa shape index (κ1) is 20.2. The van der Waals surface area contributed by atoms with E-state index in [2.05, 4.69) is 10.2 Å². The van der Waals surface area contributed by atoms with Gasteiger partial charge in [0.25, 0.3) is 5.69 Å². The number of nitrogens with zero attached hydrogens (tertiary/aromatic N) is 2. The van der Waals surface area contributed by atoms with Crippen LogP contribution in [0.3, 0.4) is 0 Å². The zero-order valence-corrected chi connectivity index (χ0v) is 17.0. The molecule has 3 rings (SSSR count). The lowest BCUT2D eigenvalue weighted by atomic mass is 10.2. The number of benzene rings is 2. The Hall–Kier alpha value is -2.52. The molecule has 0 bridgehead atoms. The smallest absolute Gasteiger partial charge is 0.288 e. The molecule has 1 N–H and O–H groups in total. The second-order valence-corrected chi connectivity index (χ2v) is 9.02. The molecule has 0 aliphatic carbocycles. The molecule has 1 unspecified atom stereocenters. The topological polar surface area (TPSA) is 102 Å². The molecule has 0 saturated carbocycles. The molecule has 28 heavy (non-hydrogen) atoms. The van der Waals surface area contributed by atoms with Gasteiger partial charge in [-0.3, -0.25) is 10.1 Å². The summed E-state index contributed by atoms with van der Waals surface area (Å²) in [5.74, 6) is 0.722. The van der Waals surface area contributed by atoms with Crippen LogP contribution in [0.1, 0.15) is 6.42 Å². The maximum Gasteiger partial charge on any atom is 0.288 e. The van der Waals surface area contributed by atoms with Crippen molar-refractivity contribution in [1.29, 1.82) is 0 Å². The molecule has 150 valence electrons. The van der Waals surface area contributed by atoms with E-state index in [1.54, 1.807) is 13.2 Å². The lowest BCUT2D eigenvalue weighted by molar-refractivity contribution is -0.387. The molecule has 1 saturated heterocycles. The molecule has 1 aliphatic heterocycles. The van der Waals surface area contributed by atoms with Crippen molar-refractivity contribution >= 4 is 38.5 Å². The molecule has 2 aromatic rings. The first-order chi connectivity index (χ1) is 13.2. The van der Waals surface area contributed by atoms with Crippen LogP contribution in [-0.2, 0) is 9.84 Å². The minimum atomic E-state index is -3.73. The van der Waals surface area contributed by atoms with Gasteiger partial charge in [0, 0.05) is 42.2 Å². The molecular weight excluding hydrogens is 406 g/mol. The van der Waals surface area contributed by atoms with E-state index in [1.165, 1.54) is 18.2 Å². The Kier molecular flexibility index (Phi) is 5.66. The van der Waals surface area contributed by atoms with Crippen LogP contribution in [-0.4, -0.2) is 45.8 Å². The number of methoxy groups -OCH3 is 1. The van der Waals surface area contributed by atoms with E-state index in [0.717, 1.165) is 30.7 Å². The van der Waals surface area contributed by atoms with E-state index >= 15 is 0 Å². The highest BCUT2D eigenvalue weighted by molar-refractivity contribution is 7.90. The maximum absolute atomic E-state index is 11.9. The third-order valence-electron chi connectivity index (χ3n) is 4.60. The number of anilines is 2. The average Bonchev–Trinajstić information content (AvgIpc) is 3.09. The minimum absolute atomic E-state index is 0.0394. The summed E-state index contributed by atoms with van der Waals surface area (Å²) in [6.45, 7) is 1.42. The van der Waals surface area contributed by atoms with Crippen molar-refractivity contribution < 1.29 is 18.1 Å². The second-order valence-electron chi connectivity index (χ2n) is 6.60. The fraction of sp³-hybridized carbons (Fsp3) is 0.333. The molecule has 0 spiro atoms.